The van der Waals surface area contributed by atoms with Crippen LogP contribution in [0.3, 0.4) is 0 Å². The molecule has 7 nitrogen and oxygen atoms in total. The summed E-state index contributed by atoms with van der Waals surface area (Å²) < 4.78 is 54.2. The van der Waals surface area contributed by atoms with Crippen LogP contribution in [0.5, 0.6) is 0 Å². The van der Waals surface area contributed by atoms with Crippen LogP contribution < -0.4 is 5.48 Å². The molecule has 1 fully saturated rings. The number of unbranched alkanes of at least 4 members (excludes halogenated alkanes) is 2. The lowest BCUT2D eigenvalue weighted by Gasteiger charge is -2.39. The summed E-state index contributed by atoms with van der Waals surface area (Å²) >= 11 is 0. The molecule has 1 aliphatic heterocycles. The van der Waals surface area contributed by atoms with Crippen LogP contribution >= 0.6 is 0 Å². The van der Waals surface area contributed by atoms with Crippen molar-refractivity contribution in [2.24, 2.45) is 4.99 Å². The Bertz CT molecular complexity index is 941. The predicted molar refractivity (Wildman–Crippen MR) is 134 cm³/mol. The number of benzene rings is 1. The van der Waals surface area contributed by atoms with Crippen molar-refractivity contribution in [1.29, 1.82) is 0 Å². The van der Waals surface area contributed by atoms with Crippen molar-refractivity contribution in [2.45, 2.75) is 54.3 Å². The van der Waals surface area contributed by atoms with Gasteiger partial charge < -0.3 is 9.64 Å². The lowest BCUT2D eigenvalue weighted by molar-refractivity contribution is -0.135. The molecule has 0 spiro atoms. The highest BCUT2D eigenvalue weighted by atomic mass is 32.2. The van der Waals surface area contributed by atoms with E-state index in [1.165, 1.54) is 0 Å². The van der Waals surface area contributed by atoms with Gasteiger partial charge in [-0.2, -0.15) is 13.2 Å². The molecule has 2 rings (SSSR count). The number of nitrogens with one attached hydrogen (secondary N) is 1. The minimum Gasteiger partial charge on any atom is -0.383 e. The monoisotopic (exact) mass is 529 g/mol. The number of hydroxylamine groups is 1. The fourth-order valence-corrected chi connectivity index (χ4v) is 5.58. The molecule has 0 radical (unpaired) electrons. The van der Waals surface area contributed by atoms with Crippen LogP contribution in [-0.4, -0.2) is 70.7 Å². The highest BCUT2D eigenvalue weighted by Crippen LogP contribution is 2.33. The number of piperidine rings is 1. The highest BCUT2D eigenvalue weighted by molar-refractivity contribution is 7.87. The third kappa shape index (κ3) is 8.65. The second kappa shape index (κ2) is 14.4. The zero-order chi connectivity index (χ0) is 26.6. The standard InChI is InChI=1S/C25H34F3N3O4S/c1-3-7-22(29-15-6-4-5-12-25(26,27)28)20-8-10-21(11-9-20)36(34)24(23(32)30-33)13-16-31(17-14-24)18-19-35-2/h3,7-11,15,33H,1,4-6,12-14,16-19H2,2H3,(H,30,32)/b22-7-,29-15?. The lowest BCUT2D eigenvalue weighted by Crippen LogP contribution is -2.56. The maximum atomic E-state index is 13.5. The molecule has 1 atom stereocenters. The van der Waals surface area contributed by atoms with E-state index in [0.717, 1.165) is 0 Å². The van der Waals surface area contributed by atoms with Crippen molar-refractivity contribution < 1.29 is 32.1 Å². The number of hydrogen-bond acceptors (Lipinski definition) is 6. The van der Waals surface area contributed by atoms with E-state index in [1.54, 1.807) is 55.2 Å². The Balaban J connectivity index is 2.10. The lowest BCUT2D eigenvalue weighted by atomic mass is 9.95. The molecule has 0 aromatic heterocycles. The second-order valence-corrected chi connectivity index (χ2v) is 10.3. The number of carbonyl (C=O) groups is 1. The van der Waals surface area contributed by atoms with E-state index < -0.39 is 34.1 Å². The zero-order valence-corrected chi connectivity index (χ0v) is 21.2. The van der Waals surface area contributed by atoms with Crippen molar-refractivity contribution in [2.75, 3.05) is 33.4 Å². The summed E-state index contributed by atoms with van der Waals surface area (Å²) in [7, 11) is -0.104. The van der Waals surface area contributed by atoms with E-state index in [4.69, 9.17) is 4.74 Å². The van der Waals surface area contributed by atoms with E-state index in [9.17, 15) is 27.4 Å². The van der Waals surface area contributed by atoms with Gasteiger partial charge in [-0.05, 0) is 50.3 Å². The summed E-state index contributed by atoms with van der Waals surface area (Å²) in [5, 5.41) is 9.35. The number of hydrogen-bond donors (Lipinski definition) is 2. The smallest absolute Gasteiger partial charge is 0.383 e. The highest BCUT2D eigenvalue weighted by Gasteiger charge is 2.47. The number of rotatable bonds is 13. The number of carbonyl (C=O) groups excluding carboxylic acids is 1. The molecule has 0 bridgehead atoms. The van der Waals surface area contributed by atoms with Gasteiger partial charge >= 0.3 is 6.18 Å². The number of aliphatic imine (C=N–C) groups is 1. The molecule has 1 aromatic rings. The van der Waals surface area contributed by atoms with E-state index >= 15 is 0 Å². The summed E-state index contributed by atoms with van der Waals surface area (Å²) in [6, 6.07) is 6.76. The summed E-state index contributed by atoms with van der Waals surface area (Å²) in [6.07, 6.45) is 1.32. The number of likely N-dealkylation sites (tertiary alicyclic amines) is 1. The molecule has 200 valence electrons. The molecule has 1 unspecified atom stereocenters. The van der Waals surface area contributed by atoms with Gasteiger partial charge in [0, 0.05) is 49.8 Å². The molecule has 1 heterocycles. The average molecular weight is 530 g/mol. The first-order chi connectivity index (χ1) is 17.2. The summed E-state index contributed by atoms with van der Waals surface area (Å²) in [6.45, 7) is 6.03. The van der Waals surface area contributed by atoms with Gasteiger partial charge in [0.15, 0.2) is 0 Å². The average Bonchev–Trinajstić information content (AvgIpc) is 2.87. The second-order valence-electron chi connectivity index (χ2n) is 8.52. The molecule has 1 amide bonds. The van der Waals surface area contributed by atoms with Crippen LogP contribution in [0, 0.1) is 0 Å². The summed E-state index contributed by atoms with van der Waals surface area (Å²) in [5.41, 5.74) is 2.97. The Morgan fingerprint density at radius 1 is 1.28 bits per heavy atom. The fraction of sp³-hybridized carbons (Fsp3) is 0.520. The Morgan fingerprint density at radius 2 is 1.94 bits per heavy atom. The van der Waals surface area contributed by atoms with Crippen molar-refractivity contribution in [3.63, 3.8) is 0 Å². The van der Waals surface area contributed by atoms with Crippen molar-refractivity contribution >= 4 is 28.6 Å². The normalized spacial score (nSPS) is 17.8. The third-order valence-electron chi connectivity index (χ3n) is 6.06. The number of allylic oxidation sites excluding steroid dienone is 2. The molecule has 1 saturated heterocycles. The predicted octanol–water partition coefficient (Wildman–Crippen LogP) is 4.50. The number of methoxy groups -OCH3 is 1. The maximum Gasteiger partial charge on any atom is 0.389 e. The quantitative estimate of drug-likeness (QED) is 0.129. The van der Waals surface area contributed by atoms with Gasteiger partial charge in [-0.15, -0.1) is 0 Å². The van der Waals surface area contributed by atoms with Crippen LogP contribution in [0.2, 0.25) is 0 Å². The van der Waals surface area contributed by atoms with E-state index in [-0.39, 0.29) is 6.42 Å². The number of halogens is 3. The molecular weight excluding hydrogens is 495 g/mol. The van der Waals surface area contributed by atoms with E-state index in [0.29, 0.717) is 68.1 Å². The first-order valence-electron chi connectivity index (χ1n) is 11.8. The molecule has 1 aromatic carbocycles. The Labute approximate surface area is 212 Å². The molecule has 11 heteroatoms. The van der Waals surface area contributed by atoms with Gasteiger partial charge in [-0.1, -0.05) is 24.8 Å². The van der Waals surface area contributed by atoms with Crippen LogP contribution in [0.25, 0.3) is 5.70 Å². The van der Waals surface area contributed by atoms with Crippen LogP contribution in [0.1, 0.15) is 44.1 Å². The van der Waals surface area contributed by atoms with Crippen molar-refractivity contribution in [3.8, 4) is 0 Å². The Hall–Kier alpha value is -2.34. The van der Waals surface area contributed by atoms with Gasteiger partial charge in [0.05, 0.1) is 23.1 Å². The third-order valence-corrected chi connectivity index (χ3v) is 8.06. The summed E-state index contributed by atoms with van der Waals surface area (Å²) in [5.74, 6) is -0.668. The van der Waals surface area contributed by atoms with Crippen LogP contribution in [0.15, 0.2) is 52.9 Å². The molecule has 2 N–H and O–H groups in total. The largest absolute Gasteiger partial charge is 0.389 e. The van der Waals surface area contributed by atoms with Crippen LogP contribution in [-0.2, 0) is 20.3 Å². The molecule has 0 aliphatic carbocycles. The zero-order valence-electron chi connectivity index (χ0n) is 20.4. The molecular formula is C25H34F3N3O4S. The Kier molecular flexibility index (Phi) is 12.0. The van der Waals surface area contributed by atoms with Gasteiger partial charge in [0.1, 0.15) is 4.75 Å². The Morgan fingerprint density at radius 3 is 2.50 bits per heavy atom. The SMILES string of the molecule is C=C/C=C(\N=CCCCCC(F)(F)F)c1ccc(S(=O)C2(C(=O)NO)CCN(CCOC)CC2)cc1. The van der Waals surface area contributed by atoms with Crippen LogP contribution in [0.4, 0.5) is 13.2 Å². The fourth-order valence-electron chi connectivity index (χ4n) is 3.98. The molecule has 0 saturated carbocycles. The molecule has 36 heavy (non-hydrogen) atoms. The summed E-state index contributed by atoms with van der Waals surface area (Å²) in [4.78, 5) is 19.6. The number of nitrogens with zero attached hydrogens (tertiary/aromatic N) is 2. The minimum atomic E-state index is -4.15. The van der Waals surface area contributed by atoms with Gasteiger partial charge in [0.25, 0.3) is 5.91 Å². The molecule has 1 aliphatic rings. The van der Waals surface area contributed by atoms with E-state index in [1.807, 2.05) is 0 Å². The topological polar surface area (TPSA) is 91.2 Å². The van der Waals surface area contributed by atoms with Gasteiger partial charge in [0.2, 0.25) is 0 Å². The maximum absolute atomic E-state index is 13.5. The van der Waals surface area contributed by atoms with Gasteiger partial charge in [-0.3, -0.25) is 19.2 Å². The number of amides is 1. The first kappa shape index (κ1) is 29.9. The van der Waals surface area contributed by atoms with Crippen molar-refractivity contribution in [3.05, 3.63) is 48.6 Å². The van der Waals surface area contributed by atoms with Crippen molar-refractivity contribution in [1.82, 2.24) is 10.4 Å². The number of alkyl halides is 3. The minimum absolute atomic E-state index is 0.0455. The van der Waals surface area contributed by atoms with Gasteiger partial charge in [-0.25, -0.2) is 5.48 Å². The van der Waals surface area contributed by atoms with E-state index in [2.05, 4.69) is 16.5 Å². The number of ether oxygens (including phenoxy) is 1. The first-order valence-corrected chi connectivity index (χ1v) is 12.9.